The predicted molar refractivity (Wildman–Crippen MR) is 59.5 cm³/mol. The van der Waals surface area contributed by atoms with Gasteiger partial charge in [0, 0.05) is 22.3 Å². The Morgan fingerprint density at radius 3 is 3.07 bits per heavy atom. The van der Waals surface area contributed by atoms with Gasteiger partial charge in [0.25, 0.3) is 0 Å². The molecule has 1 aromatic carbocycles. The average Bonchev–Trinajstić information content (AvgIpc) is 2.65. The number of methoxy groups -OCH3 is 1. The predicted octanol–water partition coefficient (Wildman–Crippen LogP) is 3.13. The van der Waals surface area contributed by atoms with E-state index in [1.165, 1.54) is 5.56 Å². The number of alkyl halides is 1. The highest BCUT2D eigenvalue weighted by atomic mass is 79.9. The molecule has 2 nitrogen and oxygen atoms in total. The number of ether oxygens (including phenoxy) is 2. The second-order valence-corrected chi connectivity index (χ2v) is 4.20. The third kappa shape index (κ3) is 1.48. The zero-order valence-corrected chi connectivity index (χ0v) is 10.1. The summed E-state index contributed by atoms with van der Waals surface area (Å²) >= 11 is 9.37. The molecule has 0 atom stereocenters. The van der Waals surface area contributed by atoms with E-state index in [9.17, 15) is 0 Å². The number of hydrogen-bond donors (Lipinski definition) is 0. The first-order chi connectivity index (χ1) is 6.77. The topological polar surface area (TPSA) is 18.5 Å². The normalized spacial score (nSPS) is 13.6. The van der Waals surface area contributed by atoms with Gasteiger partial charge >= 0.3 is 0 Å². The molecule has 0 aliphatic carbocycles. The highest BCUT2D eigenvalue weighted by Crippen LogP contribution is 2.42. The molecule has 4 heteroatoms. The zero-order valence-electron chi connectivity index (χ0n) is 7.77. The highest BCUT2D eigenvalue weighted by Gasteiger charge is 2.22. The van der Waals surface area contributed by atoms with Crippen LogP contribution in [0.2, 0.25) is 0 Å². The quantitative estimate of drug-likeness (QED) is 0.773. The van der Waals surface area contributed by atoms with Gasteiger partial charge in [-0.1, -0.05) is 15.9 Å². The molecule has 1 aromatic rings. The molecule has 0 aromatic heterocycles. The first-order valence-electron chi connectivity index (χ1n) is 4.35. The van der Waals surface area contributed by atoms with E-state index in [-0.39, 0.29) is 0 Å². The van der Waals surface area contributed by atoms with Gasteiger partial charge in [0.2, 0.25) is 0 Å². The van der Waals surface area contributed by atoms with Gasteiger partial charge in [0.15, 0.2) is 11.5 Å². The van der Waals surface area contributed by atoms with Crippen molar-refractivity contribution in [1.82, 2.24) is 0 Å². The second kappa shape index (κ2) is 3.99. The lowest BCUT2D eigenvalue weighted by Crippen LogP contribution is -1.93. The summed E-state index contributed by atoms with van der Waals surface area (Å²) in [4.78, 5) is 0. The lowest BCUT2D eigenvalue weighted by atomic mass is 10.1. The van der Waals surface area contributed by atoms with Crippen LogP contribution in [0.5, 0.6) is 11.5 Å². The first kappa shape index (κ1) is 10.1. The number of rotatable bonds is 2. The summed E-state index contributed by atoms with van der Waals surface area (Å²) in [7, 11) is 1.64. The number of fused-ring (bicyclic) bond motifs is 1. The van der Waals surface area contributed by atoms with Crippen molar-refractivity contribution >= 4 is 27.5 Å². The van der Waals surface area contributed by atoms with Crippen molar-refractivity contribution in [2.75, 3.05) is 13.7 Å². The molecule has 0 amide bonds. The molecule has 0 bridgehead atoms. The van der Waals surface area contributed by atoms with Crippen LogP contribution < -0.4 is 9.47 Å². The summed E-state index contributed by atoms with van der Waals surface area (Å²) in [6, 6.07) is 1.90. The Balaban J connectivity index is 2.61. The molecule has 0 saturated carbocycles. The molecule has 0 spiro atoms. The summed E-state index contributed by atoms with van der Waals surface area (Å²) in [5.41, 5.74) is 2.28. The Hall–Kier alpha value is -0.410. The van der Waals surface area contributed by atoms with Crippen LogP contribution in [0.15, 0.2) is 10.5 Å². The monoisotopic (exact) mass is 276 g/mol. The zero-order chi connectivity index (χ0) is 10.1. The Labute approximate surface area is 96.3 Å². The van der Waals surface area contributed by atoms with Crippen LogP contribution in [0.4, 0.5) is 0 Å². The minimum atomic E-state index is 0.496. The molecule has 76 valence electrons. The SMILES string of the molecule is COc1cc(Br)c(CCl)c2c1OCC2. The molecule has 0 saturated heterocycles. The van der Waals surface area contributed by atoms with Gasteiger partial charge < -0.3 is 9.47 Å². The fraction of sp³-hybridized carbons (Fsp3) is 0.400. The van der Waals surface area contributed by atoms with Crippen molar-refractivity contribution in [1.29, 1.82) is 0 Å². The standard InChI is InChI=1S/C10H10BrClO2/c1-13-9-4-8(11)7(5-12)6-2-3-14-10(6)9/h4H,2-3,5H2,1H3. The molecule has 14 heavy (non-hydrogen) atoms. The van der Waals surface area contributed by atoms with Gasteiger partial charge in [-0.25, -0.2) is 0 Å². The molecule has 2 rings (SSSR count). The lowest BCUT2D eigenvalue weighted by molar-refractivity contribution is 0.326. The number of hydrogen-bond acceptors (Lipinski definition) is 2. The van der Waals surface area contributed by atoms with Crippen molar-refractivity contribution in [2.45, 2.75) is 12.3 Å². The van der Waals surface area contributed by atoms with Gasteiger partial charge in [0.05, 0.1) is 13.7 Å². The van der Waals surface area contributed by atoms with Crippen LogP contribution in [0.25, 0.3) is 0 Å². The molecule has 1 heterocycles. The van der Waals surface area contributed by atoms with Gasteiger partial charge in [-0.3, -0.25) is 0 Å². The molecular weight excluding hydrogens is 267 g/mol. The molecular formula is C10H10BrClO2. The molecule has 0 N–H and O–H groups in total. The Bertz CT molecular complexity index is 366. The van der Waals surface area contributed by atoms with E-state index in [2.05, 4.69) is 15.9 Å². The fourth-order valence-electron chi connectivity index (χ4n) is 1.67. The van der Waals surface area contributed by atoms with Gasteiger partial charge in [0.1, 0.15) is 0 Å². The van der Waals surface area contributed by atoms with E-state index in [4.69, 9.17) is 21.1 Å². The van der Waals surface area contributed by atoms with Crippen LogP contribution in [-0.2, 0) is 12.3 Å². The average molecular weight is 278 g/mol. The smallest absolute Gasteiger partial charge is 0.164 e. The van der Waals surface area contributed by atoms with E-state index in [1.807, 2.05) is 6.07 Å². The lowest BCUT2D eigenvalue weighted by Gasteiger charge is -2.11. The van der Waals surface area contributed by atoms with Crippen molar-refractivity contribution in [3.05, 3.63) is 21.7 Å². The van der Waals surface area contributed by atoms with E-state index in [0.29, 0.717) is 12.5 Å². The second-order valence-electron chi connectivity index (χ2n) is 3.08. The van der Waals surface area contributed by atoms with Crippen molar-refractivity contribution in [3.8, 4) is 11.5 Å². The molecule has 0 fully saturated rings. The Kier molecular flexibility index (Phi) is 2.88. The summed E-state index contributed by atoms with van der Waals surface area (Å²) in [5, 5.41) is 0. The van der Waals surface area contributed by atoms with E-state index >= 15 is 0 Å². The van der Waals surface area contributed by atoms with Gasteiger partial charge in [-0.15, -0.1) is 11.6 Å². The summed E-state index contributed by atoms with van der Waals surface area (Å²) in [5.74, 6) is 2.13. The third-order valence-corrected chi connectivity index (χ3v) is 3.34. The van der Waals surface area contributed by atoms with Crippen LogP contribution in [0.1, 0.15) is 11.1 Å². The Morgan fingerprint density at radius 1 is 1.64 bits per heavy atom. The summed E-state index contributed by atoms with van der Waals surface area (Å²) in [6.45, 7) is 0.714. The molecule has 0 radical (unpaired) electrons. The largest absolute Gasteiger partial charge is 0.493 e. The minimum absolute atomic E-state index is 0.496. The molecule has 0 unspecified atom stereocenters. The van der Waals surface area contributed by atoms with Gasteiger partial charge in [-0.2, -0.15) is 0 Å². The third-order valence-electron chi connectivity index (χ3n) is 2.36. The molecule has 1 aliphatic rings. The van der Waals surface area contributed by atoms with Gasteiger partial charge in [-0.05, 0) is 11.6 Å². The van der Waals surface area contributed by atoms with E-state index < -0.39 is 0 Å². The first-order valence-corrected chi connectivity index (χ1v) is 5.67. The van der Waals surface area contributed by atoms with Crippen molar-refractivity contribution in [3.63, 3.8) is 0 Å². The Morgan fingerprint density at radius 2 is 2.43 bits per heavy atom. The number of benzene rings is 1. The van der Waals surface area contributed by atoms with Crippen molar-refractivity contribution in [2.24, 2.45) is 0 Å². The number of halogens is 2. The van der Waals surface area contributed by atoms with Crippen LogP contribution in [-0.4, -0.2) is 13.7 Å². The highest BCUT2D eigenvalue weighted by molar-refractivity contribution is 9.10. The van der Waals surface area contributed by atoms with Crippen LogP contribution in [0.3, 0.4) is 0 Å². The maximum absolute atomic E-state index is 5.89. The minimum Gasteiger partial charge on any atom is -0.493 e. The molecule has 1 aliphatic heterocycles. The summed E-state index contributed by atoms with van der Waals surface area (Å²) in [6.07, 6.45) is 0.910. The maximum atomic E-state index is 5.89. The maximum Gasteiger partial charge on any atom is 0.164 e. The van der Waals surface area contributed by atoms with Crippen LogP contribution >= 0.6 is 27.5 Å². The van der Waals surface area contributed by atoms with E-state index in [1.54, 1.807) is 7.11 Å². The van der Waals surface area contributed by atoms with Crippen LogP contribution in [0, 0.1) is 0 Å². The fourth-order valence-corrected chi connectivity index (χ4v) is 2.73. The summed E-state index contributed by atoms with van der Waals surface area (Å²) < 4.78 is 11.7. The van der Waals surface area contributed by atoms with Crippen molar-refractivity contribution < 1.29 is 9.47 Å². The van der Waals surface area contributed by atoms with E-state index in [0.717, 1.165) is 28.0 Å².